The van der Waals surface area contributed by atoms with Crippen LogP contribution in [0.5, 0.6) is 11.5 Å². The highest BCUT2D eigenvalue weighted by Crippen LogP contribution is 2.32. The second-order valence-corrected chi connectivity index (χ2v) is 5.25. The predicted octanol–water partition coefficient (Wildman–Crippen LogP) is 1.73. The SMILES string of the molecule is COC(=O)C(CC(C)C)NC(=O)c1ccc2c(c1)OCO2. The molecule has 1 aliphatic heterocycles. The summed E-state index contributed by atoms with van der Waals surface area (Å²) in [5, 5.41) is 2.70. The van der Waals surface area contributed by atoms with Crippen LogP contribution in [0.3, 0.4) is 0 Å². The monoisotopic (exact) mass is 293 g/mol. The molecular weight excluding hydrogens is 274 g/mol. The number of nitrogens with one attached hydrogen (secondary N) is 1. The molecule has 114 valence electrons. The molecule has 0 bridgehead atoms. The number of carbonyl (C=O) groups excluding carboxylic acids is 2. The number of esters is 1. The van der Waals surface area contributed by atoms with Gasteiger partial charge >= 0.3 is 5.97 Å². The van der Waals surface area contributed by atoms with Crippen molar-refractivity contribution in [1.29, 1.82) is 0 Å². The molecule has 0 fully saturated rings. The third-order valence-corrected chi connectivity index (χ3v) is 3.13. The van der Waals surface area contributed by atoms with E-state index in [1.807, 2.05) is 13.8 Å². The molecular formula is C15H19NO5. The van der Waals surface area contributed by atoms with Crippen molar-refractivity contribution in [3.63, 3.8) is 0 Å². The van der Waals surface area contributed by atoms with Gasteiger partial charge in [-0.05, 0) is 30.5 Å². The van der Waals surface area contributed by atoms with E-state index in [0.717, 1.165) is 0 Å². The molecule has 2 rings (SSSR count). The maximum Gasteiger partial charge on any atom is 0.328 e. The highest BCUT2D eigenvalue weighted by atomic mass is 16.7. The van der Waals surface area contributed by atoms with Crippen molar-refractivity contribution < 1.29 is 23.8 Å². The molecule has 0 spiro atoms. The number of benzene rings is 1. The number of carbonyl (C=O) groups is 2. The average molecular weight is 293 g/mol. The lowest BCUT2D eigenvalue weighted by molar-refractivity contribution is -0.143. The van der Waals surface area contributed by atoms with Crippen molar-refractivity contribution >= 4 is 11.9 Å². The van der Waals surface area contributed by atoms with Crippen LogP contribution in [0.1, 0.15) is 30.6 Å². The van der Waals surface area contributed by atoms with Gasteiger partial charge in [-0.3, -0.25) is 4.79 Å². The summed E-state index contributed by atoms with van der Waals surface area (Å²) in [5.41, 5.74) is 0.414. The zero-order valence-electron chi connectivity index (χ0n) is 12.3. The molecule has 0 radical (unpaired) electrons. The summed E-state index contributed by atoms with van der Waals surface area (Å²) in [4.78, 5) is 24.0. The van der Waals surface area contributed by atoms with Gasteiger partial charge in [0.15, 0.2) is 11.5 Å². The Balaban J connectivity index is 2.09. The van der Waals surface area contributed by atoms with E-state index in [1.165, 1.54) is 7.11 Å². The Bertz CT molecular complexity index is 541. The fourth-order valence-electron chi connectivity index (χ4n) is 2.11. The zero-order valence-corrected chi connectivity index (χ0v) is 12.3. The second-order valence-electron chi connectivity index (χ2n) is 5.25. The zero-order chi connectivity index (χ0) is 15.4. The molecule has 0 aliphatic carbocycles. The standard InChI is InChI=1S/C15H19NO5/c1-9(2)6-11(15(18)19-3)16-14(17)10-4-5-12-13(7-10)21-8-20-12/h4-5,7,9,11H,6,8H2,1-3H3,(H,16,17). The number of methoxy groups -OCH3 is 1. The minimum absolute atomic E-state index is 0.151. The topological polar surface area (TPSA) is 73.9 Å². The first kappa shape index (κ1) is 15.2. The number of fused-ring (bicyclic) bond motifs is 1. The molecule has 0 aromatic heterocycles. The van der Waals surface area contributed by atoms with Crippen LogP contribution in [0, 0.1) is 5.92 Å². The fraction of sp³-hybridized carbons (Fsp3) is 0.467. The Kier molecular flexibility index (Phi) is 4.67. The van der Waals surface area contributed by atoms with Crippen LogP contribution in [0.2, 0.25) is 0 Å². The van der Waals surface area contributed by atoms with Gasteiger partial charge in [0.2, 0.25) is 6.79 Å². The van der Waals surface area contributed by atoms with Crippen molar-refractivity contribution in [3.05, 3.63) is 23.8 Å². The lowest BCUT2D eigenvalue weighted by Crippen LogP contribution is -2.42. The number of rotatable bonds is 5. The maximum atomic E-state index is 12.2. The highest BCUT2D eigenvalue weighted by Gasteiger charge is 2.24. The molecule has 1 atom stereocenters. The Morgan fingerprint density at radius 2 is 2.00 bits per heavy atom. The maximum absolute atomic E-state index is 12.2. The number of hydrogen-bond acceptors (Lipinski definition) is 5. The summed E-state index contributed by atoms with van der Waals surface area (Å²) in [5.74, 6) is 0.604. The Morgan fingerprint density at radius 1 is 1.29 bits per heavy atom. The van der Waals surface area contributed by atoms with E-state index >= 15 is 0 Å². The molecule has 6 nitrogen and oxygen atoms in total. The molecule has 21 heavy (non-hydrogen) atoms. The summed E-state index contributed by atoms with van der Waals surface area (Å²) >= 11 is 0. The lowest BCUT2D eigenvalue weighted by Gasteiger charge is -2.18. The summed E-state index contributed by atoms with van der Waals surface area (Å²) in [6, 6.07) is 4.24. The van der Waals surface area contributed by atoms with E-state index in [0.29, 0.717) is 23.5 Å². The van der Waals surface area contributed by atoms with E-state index in [-0.39, 0.29) is 18.6 Å². The van der Waals surface area contributed by atoms with E-state index < -0.39 is 12.0 Å². The number of hydrogen-bond donors (Lipinski definition) is 1. The third-order valence-electron chi connectivity index (χ3n) is 3.13. The molecule has 1 aromatic rings. The molecule has 0 saturated carbocycles. The summed E-state index contributed by atoms with van der Waals surface area (Å²) in [6.07, 6.45) is 0.517. The molecule has 1 aromatic carbocycles. The van der Waals surface area contributed by atoms with Gasteiger partial charge in [-0.1, -0.05) is 13.8 Å². The van der Waals surface area contributed by atoms with Gasteiger partial charge < -0.3 is 19.5 Å². The second kappa shape index (κ2) is 6.47. The third kappa shape index (κ3) is 3.65. The van der Waals surface area contributed by atoms with Crippen molar-refractivity contribution in [2.45, 2.75) is 26.3 Å². The number of ether oxygens (including phenoxy) is 3. The smallest absolute Gasteiger partial charge is 0.328 e. The van der Waals surface area contributed by atoms with Gasteiger partial charge in [0.05, 0.1) is 7.11 Å². The lowest BCUT2D eigenvalue weighted by atomic mass is 10.0. The number of amides is 1. The van der Waals surface area contributed by atoms with Crippen LogP contribution in [-0.4, -0.2) is 31.8 Å². The van der Waals surface area contributed by atoms with Gasteiger partial charge in [0.1, 0.15) is 6.04 Å². The normalized spacial score (nSPS) is 13.9. The van der Waals surface area contributed by atoms with Crippen LogP contribution < -0.4 is 14.8 Å². The minimum Gasteiger partial charge on any atom is -0.467 e. The highest BCUT2D eigenvalue weighted by molar-refractivity contribution is 5.97. The van der Waals surface area contributed by atoms with E-state index in [1.54, 1.807) is 18.2 Å². The minimum atomic E-state index is -0.659. The van der Waals surface area contributed by atoms with Gasteiger partial charge in [-0.2, -0.15) is 0 Å². The van der Waals surface area contributed by atoms with E-state index in [2.05, 4.69) is 5.32 Å². The molecule has 1 amide bonds. The Labute approximate surface area is 123 Å². The summed E-state index contributed by atoms with van der Waals surface area (Å²) in [7, 11) is 1.31. The largest absolute Gasteiger partial charge is 0.467 e. The molecule has 1 unspecified atom stereocenters. The fourth-order valence-corrected chi connectivity index (χ4v) is 2.11. The predicted molar refractivity (Wildman–Crippen MR) is 75.3 cm³/mol. The molecule has 1 aliphatic rings. The molecule has 1 heterocycles. The van der Waals surface area contributed by atoms with E-state index in [9.17, 15) is 9.59 Å². The van der Waals surface area contributed by atoms with Crippen LogP contribution in [0.25, 0.3) is 0 Å². The molecule has 1 N–H and O–H groups in total. The van der Waals surface area contributed by atoms with Crippen LogP contribution >= 0.6 is 0 Å². The first-order chi connectivity index (χ1) is 10.0. The van der Waals surface area contributed by atoms with Gasteiger partial charge in [0.25, 0.3) is 5.91 Å². The molecule has 6 heteroatoms. The first-order valence-corrected chi connectivity index (χ1v) is 6.79. The van der Waals surface area contributed by atoms with Crippen molar-refractivity contribution in [1.82, 2.24) is 5.32 Å². The summed E-state index contributed by atoms with van der Waals surface area (Å²) < 4.78 is 15.2. The average Bonchev–Trinajstić information content (AvgIpc) is 2.92. The van der Waals surface area contributed by atoms with Gasteiger partial charge in [-0.25, -0.2) is 4.79 Å². The van der Waals surface area contributed by atoms with Gasteiger partial charge in [0, 0.05) is 5.56 Å². The van der Waals surface area contributed by atoms with Crippen LogP contribution in [0.15, 0.2) is 18.2 Å². The molecule has 0 saturated heterocycles. The van der Waals surface area contributed by atoms with Crippen molar-refractivity contribution in [3.8, 4) is 11.5 Å². The van der Waals surface area contributed by atoms with Crippen molar-refractivity contribution in [2.75, 3.05) is 13.9 Å². The van der Waals surface area contributed by atoms with E-state index in [4.69, 9.17) is 14.2 Å². The quantitative estimate of drug-likeness (QED) is 0.837. The Morgan fingerprint density at radius 3 is 2.67 bits per heavy atom. The Hall–Kier alpha value is -2.24. The first-order valence-electron chi connectivity index (χ1n) is 6.79. The van der Waals surface area contributed by atoms with Crippen LogP contribution in [0.4, 0.5) is 0 Å². The van der Waals surface area contributed by atoms with Crippen LogP contribution in [-0.2, 0) is 9.53 Å². The van der Waals surface area contributed by atoms with Crippen molar-refractivity contribution in [2.24, 2.45) is 5.92 Å². The van der Waals surface area contributed by atoms with Gasteiger partial charge in [-0.15, -0.1) is 0 Å². The summed E-state index contributed by atoms with van der Waals surface area (Å²) in [6.45, 7) is 4.10.